The molecule has 1 unspecified atom stereocenters. The number of nitrogens with one attached hydrogen (secondary N) is 1. The fourth-order valence-electron chi connectivity index (χ4n) is 3.09. The minimum Gasteiger partial charge on any atom is -0.375 e. The van der Waals surface area contributed by atoms with Crippen molar-refractivity contribution in [1.82, 2.24) is 10.3 Å². The Balaban J connectivity index is 1.73. The van der Waals surface area contributed by atoms with Crippen LogP contribution in [0.3, 0.4) is 0 Å². The van der Waals surface area contributed by atoms with Gasteiger partial charge in [-0.05, 0) is 45.2 Å². The predicted molar refractivity (Wildman–Crippen MR) is 94.9 cm³/mol. The fourth-order valence-corrected chi connectivity index (χ4v) is 3.09. The van der Waals surface area contributed by atoms with Crippen LogP contribution in [0.5, 0.6) is 0 Å². The number of rotatable bonds is 3. The zero-order valence-electron chi connectivity index (χ0n) is 14.5. The van der Waals surface area contributed by atoms with Crippen LogP contribution in [0.25, 0.3) is 11.1 Å². The first-order valence-electron chi connectivity index (χ1n) is 8.40. The van der Waals surface area contributed by atoms with E-state index >= 15 is 0 Å². The molecule has 1 fully saturated rings. The highest BCUT2D eigenvalue weighted by molar-refractivity contribution is 5.95. The van der Waals surface area contributed by atoms with E-state index in [9.17, 15) is 4.79 Å². The molecule has 1 aliphatic heterocycles. The zero-order chi connectivity index (χ0) is 17.2. The Hall–Kier alpha value is -2.20. The molecule has 4 heteroatoms. The van der Waals surface area contributed by atoms with E-state index in [0.29, 0.717) is 12.2 Å². The lowest BCUT2D eigenvalue weighted by Gasteiger charge is -2.35. The number of aromatic nitrogens is 1. The van der Waals surface area contributed by atoms with Crippen LogP contribution in [0.2, 0.25) is 0 Å². The highest BCUT2D eigenvalue weighted by atomic mass is 16.5. The van der Waals surface area contributed by atoms with Crippen LogP contribution in [0.15, 0.2) is 42.7 Å². The van der Waals surface area contributed by atoms with Crippen molar-refractivity contribution in [2.75, 3.05) is 6.61 Å². The number of hydrogen-bond donors (Lipinski definition) is 1. The quantitative estimate of drug-likeness (QED) is 0.935. The third-order valence-electron chi connectivity index (χ3n) is 4.42. The standard InChI is InChI=1S/C20H24N2O2/c1-14-4-6-15(7-5-14)16-10-17(13-21-12-16)19(23)22-18-8-9-24-20(2,3)11-18/h4-7,10,12-13,18H,8-9,11H2,1-3H3,(H,22,23). The number of hydrogen-bond acceptors (Lipinski definition) is 3. The summed E-state index contributed by atoms with van der Waals surface area (Å²) in [6.07, 6.45) is 5.08. The average Bonchev–Trinajstić information content (AvgIpc) is 2.55. The van der Waals surface area contributed by atoms with Crippen molar-refractivity contribution in [2.24, 2.45) is 0 Å². The molecule has 1 atom stereocenters. The summed E-state index contributed by atoms with van der Waals surface area (Å²) in [5.74, 6) is -0.0702. The van der Waals surface area contributed by atoms with Crippen molar-refractivity contribution in [3.8, 4) is 11.1 Å². The molecule has 0 saturated carbocycles. The molecular weight excluding hydrogens is 300 g/mol. The summed E-state index contributed by atoms with van der Waals surface area (Å²) < 4.78 is 5.71. The summed E-state index contributed by atoms with van der Waals surface area (Å²) in [5.41, 5.74) is 3.64. The van der Waals surface area contributed by atoms with Crippen molar-refractivity contribution in [3.05, 3.63) is 53.9 Å². The van der Waals surface area contributed by atoms with Gasteiger partial charge in [-0.2, -0.15) is 0 Å². The maximum Gasteiger partial charge on any atom is 0.253 e. The van der Waals surface area contributed by atoms with Crippen molar-refractivity contribution in [1.29, 1.82) is 0 Å². The van der Waals surface area contributed by atoms with Crippen LogP contribution < -0.4 is 5.32 Å². The fraction of sp³-hybridized carbons (Fsp3) is 0.400. The predicted octanol–water partition coefficient (Wildman–Crippen LogP) is 3.74. The smallest absolute Gasteiger partial charge is 0.253 e. The van der Waals surface area contributed by atoms with Gasteiger partial charge < -0.3 is 10.1 Å². The molecular formula is C20H24N2O2. The monoisotopic (exact) mass is 324 g/mol. The first-order chi connectivity index (χ1) is 11.4. The molecule has 1 N–H and O–H groups in total. The van der Waals surface area contributed by atoms with Crippen molar-refractivity contribution in [2.45, 2.75) is 45.3 Å². The van der Waals surface area contributed by atoms with Gasteiger partial charge in [0.2, 0.25) is 0 Å². The number of aryl methyl sites for hydroxylation is 1. The molecule has 3 rings (SSSR count). The van der Waals surface area contributed by atoms with Gasteiger partial charge in [-0.25, -0.2) is 0 Å². The van der Waals surface area contributed by atoms with E-state index in [2.05, 4.69) is 55.3 Å². The first-order valence-corrected chi connectivity index (χ1v) is 8.40. The first kappa shape index (κ1) is 16.7. The summed E-state index contributed by atoms with van der Waals surface area (Å²) in [5, 5.41) is 3.12. The summed E-state index contributed by atoms with van der Waals surface area (Å²) >= 11 is 0. The Morgan fingerprint density at radius 3 is 2.67 bits per heavy atom. The van der Waals surface area contributed by atoms with E-state index < -0.39 is 0 Å². The van der Waals surface area contributed by atoms with Gasteiger partial charge in [0.15, 0.2) is 0 Å². The number of carbonyl (C=O) groups excluding carboxylic acids is 1. The highest BCUT2D eigenvalue weighted by Gasteiger charge is 2.29. The Labute approximate surface area is 143 Å². The van der Waals surface area contributed by atoms with Crippen molar-refractivity contribution >= 4 is 5.91 Å². The van der Waals surface area contributed by atoms with E-state index in [1.165, 1.54) is 5.56 Å². The normalized spacial score (nSPS) is 19.7. The van der Waals surface area contributed by atoms with Crippen molar-refractivity contribution in [3.63, 3.8) is 0 Å². The van der Waals surface area contributed by atoms with Gasteiger partial charge in [0, 0.05) is 30.6 Å². The average molecular weight is 324 g/mol. The number of pyridine rings is 1. The molecule has 0 radical (unpaired) electrons. The van der Waals surface area contributed by atoms with E-state index in [4.69, 9.17) is 4.74 Å². The van der Waals surface area contributed by atoms with E-state index in [0.717, 1.165) is 24.0 Å². The van der Waals surface area contributed by atoms with Gasteiger partial charge in [0.25, 0.3) is 5.91 Å². The van der Waals surface area contributed by atoms with Crippen LogP contribution >= 0.6 is 0 Å². The molecule has 0 spiro atoms. The van der Waals surface area contributed by atoms with Crippen LogP contribution in [-0.4, -0.2) is 29.1 Å². The van der Waals surface area contributed by atoms with Gasteiger partial charge >= 0.3 is 0 Å². The lowest BCUT2D eigenvalue weighted by molar-refractivity contribution is -0.0615. The van der Waals surface area contributed by atoms with Gasteiger partial charge in [-0.3, -0.25) is 9.78 Å². The Kier molecular flexibility index (Phi) is 4.67. The molecule has 1 aromatic heterocycles. The molecule has 1 aromatic carbocycles. The largest absolute Gasteiger partial charge is 0.375 e. The number of amides is 1. The summed E-state index contributed by atoms with van der Waals surface area (Å²) in [7, 11) is 0. The third-order valence-corrected chi connectivity index (χ3v) is 4.42. The third kappa shape index (κ3) is 4.01. The molecule has 1 aliphatic rings. The zero-order valence-corrected chi connectivity index (χ0v) is 14.5. The molecule has 2 heterocycles. The van der Waals surface area contributed by atoms with E-state index in [-0.39, 0.29) is 17.6 Å². The minimum atomic E-state index is -0.182. The van der Waals surface area contributed by atoms with E-state index in [1.807, 2.05) is 6.07 Å². The molecule has 4 nitrogen and oxygen atoms in total. The highest BCUT2D eigenvalue weighted by Crippen LogP contribution is 2.24. The second-order valence-electron chi connectivity index (χ2n) is 7.10. The maximum atomic E-state index is 12.6. The lowest BCUT2D eigenvalue weighted by atomic mass is 9.93. The topological polar surface area (TPSA) is 51.2 Å². The van der Waals surface area contributed by atoms with E-state index in [1.54, 1.807) is 12.4 Å². The molecule has 0 aliphatic carbocycles. The molecule has 24 heavy (non-hydrogen) atoms. The molecule has 1 saturated heterocycles. The Morgan fingerprint density at radius 1 is 1.21 bits per heavy atom. The van der Waals surface area contributed by atoms with Gasteiger partial charge in [-0.1, -0.05) is 29.8 Å². The van der Waals surface area contributed by atoms with Crippen LogP contribution in [0.1, 0.15) is 42.6 Å². The molecule has 1 amide bonds. The minimum absolute atomic E-state index is 0.0702. The lowest BCUT2D eigenvalue weighted by Crippen LogP contribution is -2.45. The maximum absolute atomic E-state index is 12.6. The number of carbonyl (C=O) groups is 1. The Bertz CT molecular complexity index is 723. The van der Waals surface area contributed by atoms with Gasteiger partial charge in [0.05, 0.1) is 11.2 Å². The van der Waals surface area contributed by atoms with Gasteiger partial charge in [0.1, 0.15) is 0 Å². The summed E-state index contributed by atoms with van der Waals surface area (Å²) in [4.78, 5) is 16.8. The number of benzene rings is 1. The second-order valence-corrected chi connectivity index (χ2v) is 7.10. The summed E-state index contributed by atoms with van der Waals surface area (Å²) in [6, 6.07) is 10.3. The molecule has 0 bridgehead atoms. The van der Waals surface area contributed by atoms with Crippen LogP contribution in [0.4, 0.5) is 0 Å². The molecule has 2 aromatic rings. The van der Waals surface area contributed by atoms with Crippen LogP contribution in [0, 0.1) is 6.92 Å². The molecule has 126 valence electrons. The number of ether oxygens (including phenoxy) is 1. The SMILES string of the molecule is Cc1ccc(-c2cncc(C(=O)NC3CCOC(C)(C)C3)c2)cc1. The Morgan fingerprint density at radius 2 is 1.96 bits per heavy atom. The number of nitrogens with zero attached hydrogens (tertiary/aromatic N) is 1. The van der Waals surface area contributed by atoms with Crippen molar-refractivity contribution < 1.29 is 9.53 Å². The van der Waals surface area contributed by atoms with Crippen LogP contribution in [-0.2, 0) is 4.74 Å². The second kappa shape index (κ2) is 6.73. The van der Waals surface area contributed by atoms with Gasteiger partial charge in [-0.15, -0.1) is 0 Å². The summed E-state index contributed by atoms with van der Waals surface area (Å²) in [6.45, 7) is 6.86.